The van der Waals surface area contributed by atoms with Crippen molar-refractivity contribution in [3.8, 4) is 0 Å². The van der Waals surface area contributed by atoms with E-state index < -0.39 is 0 Å². The van der Waals surface area contributed by atoms with Crippen molar-refractivity contribution in [3.63, 3.8) is 0 Å². The molecule has 2 heterocycles. The molecule has 0 amide bonds. The Hall–Kier alpha value is -1.20. The molecule has 1 aliphatic heterocycles. The Bertz CT molecular complexity index is 303. The van der Waals surface area contributed by atoms with E-state index in [9.17, 15) is 0 Å². The van der Waals surface area contributed by atoms with Gasteiger partial charge < -0.3 is 16.0 Å². The monoisotopic (exact) mass is 221 g/mol. The average molecular weight is 221 g/mol. The van der Waals surface area contributed by atoms with E-state index in [2.05, 4.69) is 20.2 Å². The molecule has 88 valence electrons. The fourth-order valence-corrected chi connectivity index (χ4v) is 2.08. The van der Waals surface area contributed by atoms with Crippen molar-refractivity contribution in [2.75, 3.05) is 31.1 Å². The van der Waals surface area contributed by atoms with E-state index in [1.165, 1.54) is 0 Å². The summed E-state index contributed by atoms with van der Waals surface area (Å²) in [5, 5.41) is 3.41. The van der Waals surface area contributed by atoms with Gasteiger partial charge in [-0.2, -0.15) is 0 Å². The van der Waals surface area contributed by atoms with Gasteiger partial charge in [0.25, 0.3) is 0 Å². The van der Waals surface area contributed by atoms with E-state index in [0.717, 1.165) is 45.0 Å². The van der Waals surface area contributed by atoms with Crippen LogP contribution in [0.1, 0.15) is 12.8 Å². The first-order valence-electron chi connectivity index (χ1n) is 5.86. The lowest BCUT2D eigenvalue weighted by Gasteiger charge is -2.36. The number of nitrogens with two attached hydrogens (primary N) is 1. The molecule has 0 bridgehead atoms. The summed E-state index contributed by atoms with van der Waals surface area (Å²) in [6, 6.07) is 2.32. The standard InChI is InChI=1S/C11H19N5/c12-4-1-3-10-9-13-7-8-16(10)11-14-5-2-6-15-11/h2,5-6,10,13H,1,3-4,7-9,12H2. The van der Waals surface area contributed by atoms with Crippen LogP contribution in [0.2, 0.25) is 0 Å². The smallest absolute Gasteiger partial charge is 0.225 e. The van der Waals surface area contributed by atoms with Gasteiger partial charge in [0, 0.05) is 38.1 Å². The maximum atomic E-state index is 5.56. The van der Waals surface area contributed by atoms with Crippen LogP contribution in [0.25, 0.3) is 0 Å². The zero-order chi connectivity index (χ0) is 11.2. The number of aromatic nitrogens is 2. The minimum atomic E-state index is 0.472. The first-order chi connectivity index (χ1) is 7.92. The molecule has 0 radical (unpaired) electrons. The van der Waals surface area contributed by atoms with Crippen LogP contribution in [-0.4, -0.2) is 42.2 Å². The zero-order valence-corrected chi connectivity index (χ0v) is 9.47. The van der Waals surface area contributed by atoms with Crippen LogP contribution >= 0.6 is 0 Å². The van der Waals surface area contributed by atoms with Crippen molar-refractivity contribution in [1.82, 2.24) is 15.3 Å². The van der Waals surface area contributed by atoms with Crippen LogP contribution in [0.5, 0.6) is 0 Å². The number of nitrogens with zero attached hydrogens (tertiary/aromatic N) is 3. The van der Waals surface area contributed by atoms with Crippen LogP contribution in [0, 0.1) is 0 Å². The molecule has 1 aliphatic rings. The molecule has 0 aromatic carbocycles. The predicted octanol–water partition coefficient (Wildman–Crippen LogP) is -0.00630. The first kappa shape index (κ1) is 11.3. The second kappa shape index (κ2) is 5.77. The number of hydrogen-bond donors (Lipinski definition) is 2. The summed E-state index contributed by atoms with van der Waals surface area (Å²) in [5.41, 5.74) is 5.56. The Labute approximate surface area is 96.1 Å². The largest absolute Gasteiger partial charge is 0.335 e. The topological polar surface area (TPSA) is 67.1 Å². The van der Waals surface area contributed by atoms with E-state index in [1.807, 2.05) is 6.07 Å². The van der Waals surface area contributed by atoms with Crippen LogP contribution in [0.15, 0.2) is 18.5 Å². The summed E-state index contributed by atoms with van der Waals surface area (Å²) in [6.07, 6.45) is 5.74. The van der Waals surface area contributed by atoms with Gasteiger partial charge in [-0.3, -0.25) is 0 Å². The third-order valence-corrected chi connectivity index (χ3v) is 2.90. The maximum absolute atomic E-state index is 5.56. The quantitative estimate of drug-likeness (QED) is 0.749. The van der Waals surface area contributed by atoms with Crippen LogP contribution in [0.3, 0.4) is 0 Å². The van der Waals surface area contributed by atoms with Crippen LogP contribution in [-0.2, 0) is 0 Å². The molecule has 2 rings (SSSR count). The highest BCUT2D eigenvalue weighted by molar-refractivity contribution is 5.31. The van der Waals surface area contributed by atoms with Gasteiger partial charge in [-0.05, 0) is 25.5 Å². The molecule has 1 saturated heterocycles. The van der Waals surface area contributed by atoms with Crippen molar-refractivity contribution >= 4 is 5.95 Å². The summed E-state index contributed by atoms with van der Waals surface area (Å²) in [6.45, 7) is 3.72. The molecule has 1 fully saturated rings. The van der Waals surface area contributed by atoms with Crippen molar-refractivity contribution in [2.45, 2.75) is 18.9 Å². The number of hydrogen-bond acceptors (Lipinski definition) is 5. The molecule has 5 nitrogen and oxygen atoms in total. The summed E-state index contributed by atoms with van der Waals surface area (Å²) in [7, 11) is 0. The van der Waals surface area contributed by atoms with Gasteiger partial charge >= 0.3 is 0 Å². The van der Waals surface area contributed by atoms with Crippen molar-refractivity contribution in [3.05, 3.63) is 18.5 Å². The third kappa shape index (κ3) is 2.68. The minimum Gasteiger partial charge on any atom is -0.335 e. The van der Waals surface area contributed by atoms with E-state index >= 15 is 0 Å². The Balaban J connectivity index is 2.04. The molecule has 5 heteroatoms. The molecular formula is C11H19N5. The fourth-order valence-electron chi connectivity index (χ4n) is 2.08. The second-order valence-corrected chi connectivity index (χ2v) is 4.03. The Morgan fingerprint density at radius 1 is 1.44 bits per heavy atom. The second-order valence-electron chi connectivity index (χ2n) is 4.03. The molecule has 16 heavy (non-hydrogen) atoms. The average Bonchev–Trinajstić information content (AvgIpc) is 2.38. The molecule has 0 aliphatic carbocycles. The van der Waals surface area contributed by atoms with Crippen molar-refractivity contribution in [1.29, 1.82) is 0 Å². The van der Waals surface area contributed by atoms with Crippen molar-refractivity contribution < 1.29 is 0 Å². The summed E-state index contributed by atoms with van der Waals surface area (Å²) >= 11 is 0. The van der Waals surface area contributed by atoms with Gasteiger partial charge in [-0.25, -0.2) is 9.97 Å². The third-order valence-electron chi connectivity index (χ3n) is 2.90. The lowest BCUT2D eigenvalue weighted by molar-refractivity contribution is 0.440. The van der Waals surface area contributed by atoms with Crippen molar-refractivity contribution in [2.24, 2.45) is 5.73 Å². The fraction of sp³-hybridized carbons (Fsp3) is 0.636. The predicted molar refractivity (Wildman–Crippen MR) is 64.3 cm³/mol. The molecule has 0 spiro atoms. The van der Waals surface area contributed by atoms with E-state index in [-0.39, 0.29) is 0 Å². The molecule has 1 aromatic rings. The molecule has 1 unspecified atom stereocenters. The van der Waals surface area contributed by atoms with Gasteiger partial charge in [0.15, 0.2) is 0 Å². The molecule has 0 saturated carbocycles. The number of anilines is 1. The summed E-state index contributed by atoms with van der Waals surface area (Å²) in [5.74, 6) is 0.839. The van der Waals surface area contributed by atoms with E-state index in [0.29, 0.717) is 6.04 Å². The SMILES string of the molecule is NCCCC1CNCCN1c1ncccn1. The Morgan fingerprint density at radius 2 is 2.25 bits per heavy atom. The normalized spacial score (nSPS) is 21.1. The number of rotatable bonds is 4. The summed E-state index contributed by atoms with van der Waals surface area (Å²) in [4.78, 5) is 10.9. The maximum Gasteiger partial charge on any atom is 0.225 e. The molecule has 3 N–H and O–H groups in total. The Morgan fingerprint density at radius 3 is 3.00 bits per heavy atom. The van der Waals surface area contributed by atoms with Gasteiger partial charge in [0.1, 0.15) is 0 Å². The van der Waals surface area contributed by atoms with Gasteiger partial charge in [-0.1, -0.05) is 0 Å². The lowest BCUT2D eigenvalue weighted by atomic mass is 10.1. The summed E-state index contributed by atoms with van der Waals surface area (Å²) < 4.78 is 0. The van der Waals surface area contributed by atoms with Crippen LogP contribution in [0.4, 0.5) is 5.95 Å². The van der Waals surface area contributed by atoms with Gasteiger partial charge in [-0.15, -0.1) is 0 Å². The molecule has 1 aromatic heterocycles. The zero-order valence-electron chi connectivity index (χ0n) is 9.47. The highest BCUT2D eigenvalue weighted by Crippen LogP contribution is 2.15. The van der Waals surface area contributed by atoms with E-state index in [1.54, 1.807) is 12.4 Å². The lowest BCUT2D eigenvalue weighted by Crippen LogP contribution is -2.52. The number of piperazine rings is 1. The van der Waals surface area contributed by atoms with Gasteiger partial charge in [0.2, 0.25) is 5.95 Å². The number of nitrogens with one attached hydrogen (secondary N) is 1. The highest BCUT2D eigenvalue weighted by Gasteiger charge is 2.23. The molecular weight excluding hydrogens is 202 g/mol. The van der Waals surface area contributed by atoms with E-state index in [4.69, 9.17) is 5.73 Å². The first-order valence-corrected chi connectivity index (χ1v) is 5.86. The van der Waals surface area contributed by atoms with Gasteiger partial charge in [0.05, 0.1) is 0 Å². The van der Waals surface area contributed by atoms with Crippen LogP contribution < -0.4 is 16.0 Å². The minimum absolute atomic E-state index is 0.472. The highest BCUT2D eigenvalue weighted by atomic mass is 15.3. The Kier molecular flexibility index (Phi) is 4.07. The molecule has 1 atom stereocenters.